The molecule has 23 heavy (non-hydrogen) atoms. The number of nitrogens with two attached hydrogens (primary N) is 1. The number of thioether (sulfide) groups is 2. The van der Waals surface area contributed by atoms with Gasteiger partial charge in [-0.1, -0.05) is 36.9 Å². The molecule has 1 fully saturated rings. The van der Waals surface area contributed by atoms with E-state index in [2.05, 4.69) is 24.0 Å². The maximum Gasteiger partial charge on any atom is 0.352 e. The van der Waals surface area contributed by atoms with Crippen LogP contribution in [0, 0.1) is 0 Å². The number of amides is 1. The van der Waals surface area contributed by atoms with Gasteiger partial charge in [-0.25, -0.2) is 4.79 Å². The molecule has 3 heterocycles. The third-order valence-corrected chi connectivity index (χ3v) is 7.38. The molecule has 2 aliphatic rings. The summed E-state index contributed by atoms with van der Waals surface area (Å²) in [5.74, 6) is -0.0343. The number of β-lactam (4-membered cyclic amide) rings is 1. The standard InChI is InChI=1S/C13H16N4O3S3/c1-5(2)9-15-16-13(23-9)22-4-6-3-21-11-7(14)10(18)17(11)8(6)12(19)20/h5,7,11H,3-4,14H2,1-2H3,(H,19,20)/t7?,11-/m0/s1. The van der Waals surface area contributed by atoms with Crippen LogP contribution in [0.2, 0.25) is 0 Å². The minimum Gasteiger partial charge on any atom is -0.477 e. The highest BCUT2D eigenvalue weighted by molar-refractivity contribution is 8.01. The summed E-state index contributed by atoms with van der Waals surface area (Å²) < 4.78 is 0.810. The van der Waals surface area contributed by atoms with E-state index in [0.717, 1.165) is 14.9 Å². The average molecular weight is 372 g/mol. The Morgan fingerprint density at radius 3 is 2.87 bits per heavy atom. The van der Waals surface area contributed by atoms with Crippen molar-refractivity contribution in [1.82, 2.24) is 15.1 Å². The molecule has 0 saturated carbocycles. The molecule has 7 nitrogen and oxygen atoms in total. The van der Waals surface area contributed by atoms with Crippen molar-refractivity contribution in [2.24, 2.45) is 5.73 Å². The summed E-state index contributed by atoms with van der Waals surface area (Å²) in [6, 6.07) is -0.597. The van der Waals surface area contributed by atoms with Gasteiger partial charge in [-0.2, -0.15) is 0 Å². The number of hydrogen-bond donors (Lipinski definition) is 2. The summed E-state index contributed by atoms with van der Waals surface area (Å²) in [7, 11) is 0. The van der Waals surface area contributed by atoms with Crippen LogP contribution < -0.4 is 5.73 Å². The first kappa shape index (κ1) is 16.7. The summed E-state index contributed by atoms with van der Waals surface area (Å²) >= 11 is 4.49. The van der Waals surface area contributed by atoms with Crippen molar-refractivity contribution >= 4 is 46.7 Å². The van der Waals surface area contributed by atoms with Crippen LogP contribution in [0.1, 0.15) is 24.8 Å². The van der Waals surface area contributed by atoms with Crippen molar-refractivity contribution in [3.8, 4) is 0 Å². The molecule has 2 aliphatic heterocycles. The smallest absolute Gasteiger partial charge is 0.352 e. The third-order valence-electron chi connectivity index (χ3n) is 3.58. The lowest BCUT2D eigenvalue weighted by atomic mass is 10.0. The molecule has 0 bridgehead atoms. The van der Waals surface area contributed by atoms with Crippen LogP contribution in [-0.4, -0.2) is 55.0 Å². The van der Waals surface area contributed by atoms with Gasteiger partial charge in [-0.15, -0.1) is 22.0 Å². The normalized spacial score (nSPS) is 24.0. The van der Waals surface area contributed by atoms with E-state index in [1.165, 1.54) is 39.8 Å². The number of carbonyl (C=O) groups excluding carboxylic acids is 1. The Labute approximate surface area is 145 Å². The number of fused-ring (bicyclic) bond motifs is 1. The molecule has 0 spiro atoms. The van der Waals surface area contributed by atoms with Crippen molar-refractivity contribution in [3.05, 3.63) is 16.3 Å². The zero-order chi connectivity index (χ0) is 16.7. The zero-order valence-corrected chi connectivity index (χ0v) is 15.0. The van der Waals surface area contributed by atoms with Crippen LogP contribution in [0.4, 0.5) is 0 Å². The Bertz CT molecular complexity index is 688. The van der Waals surface area contributed by atoms with Crippen molar-refractivity contribution in [2.75, 3.05) is 11.5 Å². The minimum atomic E-state index is -1.08. The molecular formula is C13H16N4O3S3. The van der Waals surface area contributed by atoms with Crippen LogP contribution in [0.5, 0.6) is 0 Å². The fourth-order valence-electron chi connectivity index (χ4n) is 2.35. The van der Waals surface area contributed by atoms with E-state index in [0.29, 0.717) is 17.4 Å². The second-order valence-electron chi connectivity index (χ2n) is 5.54. The van der Waals surface area contributed by atoms with Crippen molar-refractivity contribution in [2.45, 2.75) is 35.5 Å². The van der Waals surface area contributed by atoms with Crippen LogP contribution in [-0.2, 0) is 9.59 Å². The molecule has 3 rings (SSSR count). The summed E-state index contributed by atoms with van der Waals surface area (Å²) in [4.78, 5) is 24.8. The fourth-order valence-corrected chi connectivity index (χ4v) is 5.66. The van der Waals surface area contributed by atoms with E-state index in [-0.39, 0.29) is 17.0 Å². The van der Waals surface area contributed by atoms with E-state index in [4.69, 9.17) is 5.73 Å². The molecule has 1 aromatic heterocycles. The largest absolute Gasteiger partial charge is 0.477 e. The Balaban J connectivity index is 1.77. The van der Waals surface area contributed by atoms with Gasteiger partial charge in [0.1, 0.15) is 22.1 Å². The second kappa shape index (κ2) is 6.42. The van der Waals surface area contributed by atoms with Gasteiger partial charge in [0.25, 0.3) is 0 Å². The van der Waals surface area contributed by atoms with Gasteiger partial charge < -0.3 is 10.8 Å². The maximum absolute atomic E-state index is 11.9. The van der Waals surface area contributed by atoms with E-state index in [1.54, 1.807) is 0 Å². The maximum atomic E-state index is 11.9. The number of aromatic nitrogens is 2. The first-order valence-electron chi connectivity index (χ1n) is 7.02. The fraction of sp³-hybridized carbons (Fsp3) is 0.538. The predicted octanol–water partition coefficient (Wildman–Crippen LogP) is 1.33. The topological polar surface area (TPSA) is 109 Å². The van der Waals surface area contributed by atoms with E-state index >= 15 is 0 Å². The van der Waals surface area contributed by atoms with Gasteiger partial charge in [-0.3, -0.25) is 9.69 Å². The third kappa shape index (κ3) is 3.00. The number of rotatable bonds is 5. The van der Waals surface area contributed by atoms with Gasteiger partial charge in [0.15, 0.2) is 4.34 Å². The highest BCUT2D eigenvalue weighted by Crippen LogP contribution is 2.41. The molecule has 0 aliphatic carbocycles. The summed E-state index contributed by atoms with van der Waals surface area (Å²) in [6.07, 6.45) is 0. The van der Waals surface area contributed by atoms with E-state index in [9.17, 15) is 14.7 Å². The predicted molar refractivity (Wildman–Crippen MR) is 90.5 cm³/mol. The van der Waals surface area contributed by atoms with E-state index in [1.807, 2.05) is 0 Å². The summed E-state index contributed by atoms with van der Waals surface area (Å²) in [6.45, 7) is 4.10. The number of carboxylic acid groups (broad SMARTS) is 1. The van der Waals surface area contributed by atoms with Crippen LogP contribution in [0.3, 0.4) is 0 Å². The Kier molecular flexibility index (Phi) is 4.68. The molecular weight excluding hydrogens is 356 g/mol. The van der Waals surface area contributed by atoms with Crippen LogP contribution >= 0.6 is 34.9 Å². The SMILES string of the molecule is CC(C)c1nnc(SCC2=C(C(=O)O)N3C(=O)C(N)[C@@H]3SC2)s1. The first-order valence-corrected chi connectivity index (χ1v) is 9.87. The molecule has 1 saturated heterocycles. The van der Waals surface area contributed by atoms with Gasteiger partial charge in [0.05, 0.1) is 0 Å². The average Bonchev–Trinajstić information content (AvgIpc) is 3.00. The van der Waals surface area contributed by atoms with Gasteiger partial charge in [0, 0.05) is 17.4 Å². The number of aliphatic carboxylic acids is 1. The van der Waals surface area contributed by atoms with Gasteiger partial charge in [0.2, 0.25) is 5.91 Å². The zero-order valence-electron chi connectivity index (χ0n) is 12.6. The quantitative estimate of drug-likeness (QED) is 0.588. The van der Waals surface area contributed by atoms with Crippen LogP contribution in [0.25, 0.3) is 0 Å². The Morgan fingerprint density at radius 2 is 2.26 bits per heavy atom. The molecule has 10 heteroatoms. The highest BCUT2D eigenvalue weighted by Gasteiger charge is 2.51. The molecule has 3 N–H and O–H groups in total. The lowest BCUT2D eigenvalue weighted by Gasteiger charge is -2.48. The molecule has 0 aromatic carbocycles. The van der Waals surface area contributed by atoms with E-state index < -0.39 is 12.0 Å². The molecule has 2 atom stereocenters. The molecule has 0 radical (unpaired) electrons. The second-order valence-corrected chi connectivity index (χ2v) is 8.88. The summed E-state index contributed by atoms with van der Waals surface area (Å²) in [5, 5.41) is 18.4. The van der Waals surface area contributed by atoms with Crippen molar-refractivity contribution in [3.63, 3.8) is 0 Å². The highest BCUT2D eigenvalue weighted by atomic mass is 32.2. The lowest BCUT2D eigenvalue weighted by Crippen LogP contribution is -2.68. The Morgan fingerprint density at radius 1 is 1.52 bits per heavy atom. The monoisotopic (exact) mass is 372 g/mol. The van der Waals surface area contributed by atoms with Crippen LogP contribution in [0.15, 0.2) is 15.6 Å². The van der Waals surface area contributed by atoms with Crippen molar-refractivity contribution < 1.29 is 14.7 Å². The molecule has 1 amide bonds. The first-order chi connectivity index (χ1) is 10.9. The van der Waals surface area contributed by atoms with Gasteiger partial charge in [-0.05, 0) is 5.57 Å². The minimum absolute atomic E-state index is 0.0848. The molecule has 1 aromatic rings. The van der Waals surface area contributed by atoms with Gasteiger partial charge >= 0.3 is 5.97 Å². The number of carboxylic acids is 1. The number of carbonyl (C=O) groups is 2. The molecule has 1 unspecified atom stereocenters. The van der Waals surface area contributed by atoms with Crippen molar-refractivity contribution in [1.29, 1.82) is 0 Å². The number of nitrogens with zero attached hydrogens (tertiary/aromatic N) is 3. The summed E-state index contributed by atoms with van der Waals surface area (Å²) in [5.41, 5.74) is 6.54. The lowest BCUT2D eigenvalue weighted by molar-refractivity contribution is -0.147. The number of hydrogen-bond acceptors (Lipinski definition) is 8. The Hall–Kier alpha value is -1.10. The molecule has 124 valence electrons.